The number of carbonyl (C=O) groups excluding carboxylic acids is 1. The van der Waals surface area contributed by atoms with Crippen LogP contribution in [-0.2, 0) is 6.18 Å². The highest BCUT2D eigenvalue weighted by Gasteiger charge is 2.42. The highest BCUT2D eigenvalue weighted by atomic mass is 35.5. The molecule has 2 atom stereocenters. The van der Waals surface area contributed by atoms with E-state index < -0.39 is 77.1 Å². The number of hydrogen-bond acceptors (Lipinski definition) is 1. The van der Waals surface area contributed by atoms with Gasteiger partial charge in [0.1, 0.15) is 11.7 Å². The first-order valence-electron chi connectivity index (χ1n) is 10.9. The Morgan fingerprint density at radius 2 is 1.63 bits per heavy atom. The van der Waals surface area contributed by atoms with Gasteiger partial charge in [0.2, 0.25) is 5.92 Å². The molecule has 0 saturated heterocycles. The van der Waals surface area contributed by atoms with Crippen molar-refractivity contribution >= 4 is 46.5 Å². The lowest BCUT2D eigenvalue weighted by Crippen LogP contribution is -2.42. The van der Waals surface area contributed by atoms with Gasteiger partial charge in [0, 0.05) is 24.4 Å². The SMILES string of the molecule is O=C(NC1CCCC(F)(F)C1)c1ccc(/C(F)=C/C(c2cc(Cl)c(Cl)c(Cl)c2)C(F)(F)F)cc1C(F)(F)F. The highest BCUT2D eigenvalue weighted by molar-refractivity contribution is 6.48. The average Bonchev–Trinajstić information content (AvgIpc) is 2.78. The van der Waals surface area contributed by atoms with Crippen LogP contribution in [0.15, 0.2) is 36.4 Å². The predicted molar refractivity (Wildman–Crippen MR) is 125 cm³/mol. The summed E-state index contributed by atoms with van der Waals surface area (Å²) in [5.74, 6) is -8.76. The van der Waals surface area contributed by atoms with Gasteiger partial charge in [-0.25, -0.2) is 13.2 Å². The van der Waals surface area contributed by atoms with Gasteiger partial charge in [-0.15, -0.1) is 0 Å². The molecule has 0 spiro atoms. The van der Waals surface area contributed by atoms with Crippen molar-refractivity contribution in [3.63, 3.8) is 0 Å². The van der Waals surface area contributed by atoms with Gasteiger partial charge in [0.15, 0.2) is 0 Å². The number of carbonyl (C=O) groups is 1. The average molecular weight is 613 g/mol. The van der Waals surface area contributed by atoms with Crippen LogP contribution in [0.5, 0.6) is 0 Å². The minimum absolute atomic E-state index is 0.0369. The summed E-state index contributed by atoms with van der Waals surface area (Å²) < 4.78 is 125. The van der Waals surface area contributed by atoms with Crippen LogP contribution in [0.1, 0.15) is 58.6 Å². The number of halogens is 12. The molecular formula is C24H17Cl3F9NO. The summed E-state index contributed by atoms with van der Waals surface area (Å²) in [6.07, 6.45) is -11.3. The number of nitrogens with one attached hydrogen (secondary N) is 1. The molecule has 0 heterocycles. The molecule has 14 heteroatoms. The fraction of sp³-hybridized carbons (Fsp3) is 0.375. The second-order valence-electron chi connectivity index (χ2n) is 8.71. The lowest BCUT2D eigenvalue weighted by atomic mass is 9.91. The van der Waals surface area contributed by atoms with Crippen LogP contribution < -0.4 is 5.32 Å². The van der Waals surface area contributed by atoms with Crippen LogP contribution >= 0.6 is 34.8 Å². The summed E-state index contributed by atoms with van der Waals surface area (Å²) in [5.41, 5.74) is -4.17. The van der Waals surface area contributed by atoms with E-state index >= 15 is 0 Å². The number of allylic oxidation sites excluding steroid dienone is 1. The molecule has 2 unspecified atom stereocenters. The van der Waals surface area contributed by atoms with Crippen molar-refractivity contribution in [2.45, 2.75) is 55.9 Å². The van der Waals surface area contributed by atoms with Crippen molar-refractivity contribution in [2.75, 3.05) is 0 Å². The summed E-state index contributed by atoms with van der Waals surface area (Å²) in [6, 6.07) is 1.92. The third-order valence-electron chi connectivity index (χ3n) is 5.85. The van der Waals surface area contributed by atoms with Gasteiger partial charge in [-0.2, -0.15) is 26.3 Å². The van der Waals surface area contributed by atoms with E-state index in [1.165, 1.54) is 0 Å². The summed E-state index contributed by atoms with van der Waals surface area (Å²) in [7, 11) is 0. The van der Waals surface area contributed by atoms with Crippen LogP contribution in [0.3, 0.4) is 0 Å². The summed E-state index contributed by atoms with van der Waals surface area (Å²) in [4.78, 5) is 12.5. The topological polar surface area (TPSA) is 29.1 Å². The lowest BCUT2D eigenvalue weighted by Gasteiger charge is -2.29. The highest BCUT2D eigenvalue weighted by Crippen LogP contribution is 2.43. The van der Waals surface area contributed by atoms with Crippen molar-refractivity contribution in [3.8, 4) is 0 Å². The van der Waals surface area contributed by atoms with Crippen molar-refractivity contribution < 1.29 is 44.3 Å². The monoisotopic (exact) mass is 611 g/mol. The number of rotatable bonds is 5. The first-order chi connectivity index (χ1) is 17.4. The largest absolute Gasteiger partial charge is 0.417 e. The lowest BCUT2D eigenvalue weighted by molar-refractivity contribution is -0.140. The quantitative estimate of drug-likeness (QED) is 0.264. The second-order valence-corrected chi connectivity index (χ2v) is 9.91. The maximum atomic E-state index is 15.0. The van der Waals surface area contributed by atoms with E-state index in [1.807, 2.05) is 0 Å². The molecule has 1 fully saturated rings. The molecule has 0 aromatic heterocycles. The molecule has 208 valence electrons. The van der Waals surface area contributed by atoms with Gasteiger partial charge in [-0.3, -0.25) is 4.79 Å². The van der Waals surface area contributed by atoms with Crippen LogP contribution in [-0.4, -0.2) is 24.0 Å². The number of hydrogen-bond donors (Lipinski definition) is 1. The summed E-state index contributed by atoms with van der Waals surface area (Å²) in [6.45, 7) is 0. The first-order valence-corrected chi connectivity index (χ1v) is 12.0. The third kappa shape index (κ3) is 7.30. The van der Waals surface area contributed by atoms with E-state index in [-0.39, 0.29) is 40.1 Å². The minimum atomic E-state index is -5.22. The van der Waals surface area contributed by atoms with Crippen molar-refractivity contribution in [3.05, 3.63) is 73.7 Å². The smallest absolute Gasteiger partial charge is 0.349 e. The Labute approximate surface area is 225 Å². The van der Waals surface area contributed by atoms with Crippen LogP contribution in [0, 0.1) is 0 Å². The van der Waals surface area contributed by atoms with Crippen LogP contribution in [0.25, 0.3) is 5.83 Å². The standard InChI is InChI=1S/C24H17Cl3F9NO/c25-17-7-12(8-18(26)20(17)27)15(23(31,32)33)9-19(28)11-3-4-14(16(6-11)24(34,35)36)21(38)37-13-2-1-5-22(29,30)10-13/h3-4,6-9,13,15H,1-2,5,10H2,(H,37,38)/b19-9-. The zero-order valence-corrected chi connectivity index (χ0v) is 21.2. The zero-order chi connectivity index (χ0) is 28.6. The molecule has 38 heavy (non-hydrogen) atoms. The number of alkyl halides is 8. The molecule has 2 aromatic carbocycles. The van der Waals surface area contributed by atoms with Gasteiger partial charge in [0.25, 0.3) is 5.91 Å². The molecule has 2 nitrogen and oxygen atoms in total. The molecule has 0 bridgehead atoms. The normalized spacial score (nSPS) is 19.3. The molecule has 0 radical (unpaired) electrons. The van der Waals surface area contributed by atoms with Crippen molar-refractivity contribution in [2.24, 2.45) is 0 Å². The maximum absolute atomic E-state index is 15.0. The van der Waals surface area contributed by atoms with E-state index in [2.05, 4.69) is 5.32 Å². The van der Waals surface area contributed by atoms with Gasteiger partial charge in [0.05, 0.1) is 26.2 Å². The minimum Gasteiger partial charge on any atom is -0.349 e. The molecular weight excluding hydrogens is 596 g/mol. The van der Waals surface area contributed by atoms with Crippen molar-refractivity contribution in [1.29, 1.82) is 0 Å². The molecule has 1 saturated carbocycles. The molecule has 3 rings (SSSR count). The Morgan fingerprint density at radius 1 is 1.03 bits per heavy atom. The predicted octanol–water partition coefficient (Wildman–Crippen LogP) is 9.63. The van der Waals surface area contributed by atoms with E-state index in [4.69, 9.17) is 34.8 Å². The fourth-order valence-corrected chi connectivity index (χ4v) is 4.67. The van der Waals surface area contributed by atoms with Gasteiger partial charge in [-0.1, -0.05) is 40.9 Å². The van der Waals surface area contributed by atoms with Gasteiger partial charge >= 0.3 is 12.4 Å². The Morgan fingerprint density at radius 3 is 2.16 bits per heavy atom. The van der Waals surface area contributed by atoms with Gasteiger partial charge in [-0.05, 0) is 48.7 Å². The fourth-order valence-electron chi connectivity index (χ4n) is 4.06. The Balaban J connectivity index is 1.99. The van der Waals surface area contributed by atoms with E-state index in [0.717, 1.165) is 12.1 Å². The van der Waals surface area contributed by atoms with Crippen LogP contribution in [0.2, 0.25) is 15.1 Å². The summed E-state index contributed by atoms with van der Waals surface area (Å²) in [5, 5.41) is 1.16. The molecule has 1 N–H and O–H groups in total. The zero-order valence-electron chi connectivity index (χ0n) is 18.9. The van der Waals surface area contributed by atoms with E-state index in [0.29, 0.717) is 12.1 Å². The Kier molecular flexibility index (Phi) is 8.95. The maximum Gasteiger partial charge on any atom is 0.417 e. The van der Waals surface area contributed by atoms with Gasteiger partial charge < -0.3 is 5.32 Å². The van der Waals surface area contributed by atoms with Crippen LogP contribution in [0.4, 0.5) is 39.5 Å². The van der Waals surface area contributed by atoms with E-state index in [9.17, 15) is 44.3 Å². The Bertz CT molecular complexity index is 1220. The van der Waals surface area contributed by atoms with E-state index in [1.54, 1.807) is 0 Å². The first kappa shape index (κ1) is 30.4. The molecule has 0 aliphatic heterocycles. The third-order valence-corrected chi connectivity index (χ3v) is 7.05. The van der Waals surface area contributed by atoms with Crippen molar-refractivity contribution in [1.82, 2.24) is 5.32 Å². The summed E-state index contributed by atoms with van der Waals surface area (Å²) >= 11 is 17.3. The molecule has 1 amide bonds. The Hall–Kier alpha value is -2.11. The molecule has 2 aromatic rings. The molecule has 1 aliphatic carbocycles. The number of benzene rings is 2. The second kappa shape index (κ2) is 11.2. The number of amides is 1. The molecule has 1 aliphatic rings.